The monoisotopic (exact) mass is 437 g/mol. The molecular weight excluding hydrogens is 402 g/mol. The minimum absolute atomic E-state index is 0.105. The number of carbonyl (C=O) groups is 1. The van der Waals surface area contributed by atoms with Crippen molar-refractivity contribution in [2.45, 2.75) is 38.8 Å². The highest BCUT2D eigenvalue weighted by molar-refractivity contribution is 5.80. The highest BCUT2D eigenvalue weighted by Gasteiger charge is 2.20. The van der Waals surface area contributed by atoms with Crippen molar-refractivity contribution in [2.75, 3.05) is 32.8 Å². The van der Waals surface area contributed by atoms with Crippen molar-refractivity contribution in [3.05, 3.63) is 65.7 Å². The number of hydrogen-bond donors (Lipinski definition) is 3. The van der Waals surface area contributed by atoms with Crippen LogP contribution in [0.4, 0.5) is 0 Å². The van der Waals surface area contributed by atoms with Gasteiger partial charge in [0, 0.05) is 38.8 Å². The quantitative estimate of drug-likeness (QED) is 0.392. The van der Waals surface area contributed by atoms with Crippen LogP contribution < -0.4 is 21.1 Å². The lowest BCUT2D eigenvalue weighted by Crippen LogP contribution is -2.48. The first kappa shape index (κ1) is 23.6. The lowest BCUT2D eigenvalue weighted by atomic mass is 10.0. The topological polar surface area (TPSA) is 92.0 Å². The molecule has 0 saturated carbocycles. The molecule has 7 heteroatoms. The Bertz CT molecular complexity index is 846. The third-order valence-corrected chi connectivity index (χ3v) is 5.50. The molecule has 172 valence electrons. The van der Waals surface area contributed by atoms with Crippen molar-refractivity contribution < 1.29 is 9.53 Å². The number of benzene rings is 2. The van der Waals surface area contributed by atoms with E-state index in [-0.39, 0.29) is 6.61 Å². The molecule has 4 N–H and O–H groups in total. The van der Waals surface area contributed by atoms with Crippen LogP contribution in [0.15, 0.2) is 59.6 Å². The zero-order valence-corrected chi connectivity index (χ0v) is 18.9. The number of piperidine rings is 1. The largest absolute Gasteiger partial charge is 0.484 e. The predicted molar refractivity (Wildman–Crippen MR) is 129 cm³/mol. The fraction of sp³-hybridized carbons (Fsp3) is 0.440. The molecular formula is C25H35N5O2. The number of carbonyl (C=O) groups excluding carboxylic acids is 1. The van der Waals surface area contributed by atoms with Gasteiger partial charge in [-0.05, 0) is 49.4 Å². The molecule has 32 heavy (non-hydrogen) atoms. The summed E-state index contributed by atoms with van der Waals surface area (Å²) in [6, 6.07) is 18.8. The molecule has 1 amide bonds. The molecule has 0 atom stereocenters. The van der Waals surface area contributed by atoms with Gasteiger partial charge in [0.25, 0.3) is 5.91 Å². The molecule has 1 heterocycles. The number of hydrogen-bond acceptors (Lipinski definition) is 4. The van der Waals surface area contributed by atoms with Gasteiger partial charge < -0.3 is 21.1 Å². The second-order valence-corrected chi connectivity index (χ2v) is 8.09. The number of ether oxygens (including phenoxy) is 1. The summed E-state index contributed by atoms with van der Waals surface area (Å²) in [5.74, 6) is 1.05. The first-order valence-corrected chi connectivity index (χ1v) is 11.4. The number of primary amides is 1. The van der Waals surface area contributed by atoms with Gasteiger partial charge in [-0.3, -0.25) is 14.7 Å². The van der Waals surface area contributed by atoms with Crippen molar-refractivity contribution in [3.8, 4) is 5.75 Å². The Hall–Kier alpha value is -3.06. The summed E-state index contributed by atoms with van der Waals surface area (Å²) in [7, 11) is 0. The fourth-order valence-electron chi connectivity index (χ4n) is 3.79. The summed E-state index contributed by atoms with van der Waals surface area (Å²) in [4.78, 5) is 18.1. The van der Waals surface area contributed by atoms with Crippen LogP contribution in [-0.4, -0.2) is 55.6 Å². The number of nitrogens with one attached hydrogen (secondary N) is 2. The van der Waals surface area contributed by atoms with Crippen molar-refractivity contribution in [1.82, 2.24) is 15.5 Å². The number of rotatable bonds is 10. The number of nitrogens with zero attached hydrogens (tertiary/aromatic N) is 2. The molecule has 0 aliphatic carbocycles. The van der Waals surface area contributed by atoms with Crippen LogP contribution in [0, 0.1) is 0 Å². The molecule has 0 spiro atoms. The van der Waals surface area contributed by atoms with E-state index >= 15 is 0 Å². The van der Waals surface area contributed by atoms with E-state index in [4.69, 9.17) is 15.5 Å². The second-order valence-electron chi connectivity index (χ2n) is 8.09. The van der Waals surface area contributed by atoms with Gasteiger partial charge in [0.15, 0.2) is 12.6 Å². The van der Waals surface area contributed by atoms with Gasteiger partial charge in [0.05, 0.1) is 0 Å². The summed E-state index contributed by atoms with van der Waals surface area (Å²) >= 11 is 0. The minimum Gasteiger partial charge on any atom is -0.484 e. The normalized spacial score (nSPS) is 15.3. The van der Waals surface area contributed by atoms with E-state index in [1.54, 1.807) is 0 Å². The summed E-state index contributed by atoms with van der Waals surface area (Å²) in [5, 5.41) is 6.98. The molecule has 0 aromatic heterocycles. The van der Waals surface area contributed by atoms with E-state index in [0.717, 1.165) is 51.4 Å². The average molecular weight is 438 g/mol. The molecule has 0 bridgehead atoms. The molecule has 1 aliphatic heterocycles. The average Bonchev–Trinajstić information content (AvgIpc) is 2.80. The highest BCUT2D eigenvalue weighted by atomic mass is 16.5. The summed E-state index contributed by atoms with van der Waals surface area (Å²) in [6.07, 6.45) is 3.07. The SMILES string of the molecule is CCNC(=NCCc1ccc(OCC(N)=O)cc1)NC1CCN(Cc2ccccc2)CC1. The zero-order valence-electron chi connectivity index (χ0n) is 18.9. The molecule has 1 fully saturated rings. The molecule has 1 aliphatic rings. The van der Waals surface area contributed by atoms with Gasteiger partial charge in [0.2, 0.25) is 0 Å². The van der Waals surface area contributed by atoms with Crippen LogP contribution in [0.5, 0.6) is 5.75 Å². The minimum atomic E-state index is -0.478. The van der Waals surface area contributed by atoms with E-state index in [0.29, 0.717) is 18.3 Å². The Morgan fingerprint density at radius 2 is 1.81 bits per heavy atom. The summed E-state index contributed by atoms with van der Waals surface area (Å²) in [5.41, 5.74) is 7.65. The second kappa shape index (κ2) is 12.7. The van der Waals surface area contributed by atoms with Crippen molar-refractivity contribution in [3.63, 3.8) is 0 Å². The Morgan fingerprint density at radius 1 is 1.09 bits per heavy atom. The Labute approximate surface area is 191 Å². The molecule has 7 nitrogen and oxygen atoms in total. The maximum Gasteiger partial charge on any atom is 0.255 e. The van der Waals surface area contributed by atoms with Gasteiger partial charge in [-0.25, -0.2) is 0 Å². The predicted octanol–water partition coefficient (Wildman–Crippen LogP) is 2.31. The van der Waals surface area contributed by atoms with Crippen molar-refractivity contribution in [2.24, 2.45) is 10.7 Å². The molecule has 0 radical (unpaired) electrons. The van der Waals surface area contributed by atoms with Crippen LogP contribution in [0.1, 0.15) is 30.9 Å². The van der Waals surface area contributed by atoms with E-state index < -0.39 is 5.91 Å². The van der Waals surface area contributed by atoms with Crippen LogP contribution in [0.2, 0.25) is 0 Å². The third-order valence-electron chi connectivity index (χ3n) is 5.50. The van der Waals surface area contributed by atoms with Gasteiger partial charge in [-0.15, -0.1) is 0 Å². The Kier molecular flexibility index (Phi) is 9.37. The number of amides is 1. The maximum absolute atomic E-state index is 10.8. The van der Waals surface area contributed by atoms with E-state index in [1.165, 1.54) is 11.1 Å². The number of guanidine groups is 1. The summed E-state index contributed by atoms with van der Waals surface area (Å²) < 4.78 is 5.30. The third kappa shape index (κ3) is 8.23. The molecule has 3 rings (SSSR count). The molecule has 0 unspecified atom stereocenters. The number of likely N-dealkylation sites (tertiary alicyclic amines) is 1. The van der Waals surface area contributed by atoms with Crippen LogP contribution in [0.3, 0.4) is 0 Å². The zero-order chi connectivity index (χ0) is 22.6. The highest BCUT2D eigenvalue weighted by Crippen LogP contribution is 2.14. The van der Waals surface area contributed by atoms with Gasteiger partial charge >= 0.3 is 0 Å². The maximum atomic E-state index is 10.8. The van der Waals surface area contributed by atoms with Gasteiger partial charge in [-0.1, -0.05) is 42.5 Å². The Morgan fingerprint density at radius 3 is 2.47 bits per heavy atom. The Balaban J connectivity index is 1.42. The van der Waals surface area contributed by atoms with Gasteiger partial charge in [0.1, 0.15) is 5.75 Å². The van der Waals surface area contributed by atoms with Gasteiger partial charge in [-0.2, -0.15) is 0 Å². The van der Waals surface area contributed by atoms with Crippen LogP contribution in [0.25, 0.3) is 0 Å². The lowest BCUT2D eigenvalue weighted by Gasteiger charge is -2.33. The number of aliphatic imine (C=N–C) groups is 1. The first-order chi connectivity index (χ1) is 15.6. The molecule has 2 aromatic carbocycles. The van der Waals surface area contributed by atoms with Crippen LogP contribution >= 0.6 is 0 Å². The van der Waals surface area contributed by atoms with Crippen molar-refractivity contribution >= 4 is 11.9 Å². The van der Waals surface area contributed by atoms with E-state index in [9.17, 15) is 4.79 Å². The van der Waals surface area contributed by atoms with Crippen LogP contribution in [-0.2, 0) is 17.8 Å². The first-order valence-electron chi connectivity index (χ1n) is 11.4. The van der Waals surface area contributed by atoms with E-state index in [1.807, 2.05) is 24.3 Å². The van der Waals surface area contributed by atoms with E-state index in [2.05, 4.69) is 52.8 Å². The smallest absolute Gasteiger partial charge is 0.255 e. The standard InChI is InChI=1S/C25H35N5O2/c1-2-27-25(28-15-12-20-8-10-23(11-9-20)32-19-24(26)31)29-22-13-16-30(17-14-22)18-21-6-4-3-5-7-21/h3-11,22H,2,12-19H2,1H3,(H2,26,31)(H2,27,28,29). The number of nitrogens with two attached hydrogens (primary N) is 1. The fourth-order valence-corrected chi connectivity index (χ4v) is 3.79. The molecule has 1 saturated heterocycles. The van der Waals surface area contributed by atoms with Crippen molar-refractivity contribution in [1.29, 1.82) is 0 Å². The molecule has 2 aromatic rings. The summed E-state index contributed by atoms with van der Waals surface area (Å²) in [6.45, 7) is 6.73. The lowest BCUT2D eigenvalue weighted by molar-refractivity contribution is -0.119.